The van der Waals surface area contributed by atoms with E-state index in [1.54, 1.807) is 6.07 Å². The minimum Gasteiger partial charge on any atom is -0.315 e. The van der Waals surface area contributed by atoms with Crippen LogP contribution in [0.5, 0.6) is 0 Å². The molecule has 1 heterocycles. The number of nitrogens with one attached hydrogen (secondary N) is 2. The predicted octanol–water partition coefficient (Wildman–Crippen LogP) is 1.93. The molecule has 82 valence electrons. The Hall–Kier alpha value is -0.640. The third-order valence-electron chi connectivity index (χ3n) is 2.66. The highest BCUT2D eigenvalue weighted by Crippen LogP contribution is 2.17. The predicted molar refractivity (Wildman–Crippen MR) is 59.5 cm³/mol. The van der Waals surface area contributed by atoms with Gasteiger partial charge in [-0.05, 0) is 30.7 Å². The summed E-state index contributed by atoms with van der Waals surface area (Å²) >= 11 is 5.92. The lowest BCUT2D eigenvalue weighted by Crippen LogP contribution is -2.30. The second-order valence-electron chi connectivity index (χ2n) is 3.81. The van der Waals surface area contributed by atoms with Crippen molar-refractivity contribution in [3.8, 4) is 0 Å². The first-order valence-corrected chi connectivity index (χ1v) is 5.51. The van der Waals surface area contributed by atoms with Gasteiger partial charge in [0, 0.05) is 24.2 Å². The van der Waals surface area contributed by atoms with Gasteiger partial charge in [0.25, 0.3) is 0 Å². The molecule has 0 amide bonds. The topological polar surface area (TPSA) is 24.1 Å². The Kier molecular flexibility index (Phi) is 3.57. The number of benzene rings is 1. The van der Waals surface area contributed by atoms with Gasteiger partial charge in [0.2, 0.25) is 0 Å². The van der Waals surface area contributed by atoms with Crippen LogP contribution >= 0.6 is 11.6 Å². The van der Waals surface area contributed by atoms with Gasteiger partial charge >= 0.3 is 0 Å². The maximum atomic E-state index is 12.8. The minimum atomic E-state index is -0.286. The van der Waals surface area contributed by atoms with Gasteiger partial charge in [0.15, 0.2) is 0 Å². The van der Waals surface area contributed by atoms with Crippen molar-refractivity contribution >= 4 is 11.6 Å². The fraction of sp³-hybridized carbons (Fsp3) is 0.455. The molecule has 1 atom stereocenters. The zero-order chi connectivity index (χ0) is 10.7. The van der Waals surface area contributed by atoms with Gasteiger partial charge in [0.05, 0.1) is 0 Å². The van der Waals surface area contributed by atoms with E-state index in [2.05, 4.69) is 10.6 Å². The Labute approximate surface area is 93.8 Å². The zero-order valence-corrected chi connectivity index (χ0v) is 9.15. The van der Waals surface area contributed by atoms with Crippen LogP contribution in [0.4, 0.5) is 4.39 Å². The van der Waals surface area contributed by atoms with Crippen LogP contribution in [0.1, 0.15) is 12.0 Å². The van der Waals surface area contributed by atoms with Gasteiger partial charge in [-0.1, -0.05) is 17.7 Å². The average molecular weight is 229 g/mol. The van der Waals surface area contributed by atoms with E-state index >= 15 is 0 Å². The maximum Gasteiger partial charge on any atom is 0.124 e. The molecule has 15 heavy (non-hydrogen) atoms. The minimum absolute atomic E-state index is 0.286. The molecule has 1 saturated heterocycles. The third-order valence-corrected chi connectivity index (χ3v) is 3.01. The summed E-state index contributed by atoms with van der Waals surface area (Å²) in [5, 5.41) is 7.16. The van der Waals surface area contributed by atoms with Crippen molar-refractivity contribution in [2.45, 2.75) is 19.0 Å². The fourth-order valence-electron chi connectivity index (χ4n) is 1.75. The molecule has 0 saturated carbocycles. The molecule has 2 rings (SSSR count). The standard InChI is InChI=1S/C11H14ClFN2/c12-11-5-9(13)2-1-8(11)6-15-10-3-4-14-7-10/h1-2,5,10,14-15H,3-4,6-7H2/t10-/m0/s1. The van der Waals surface area contributed by atoms with E-state index < -0.39 is 0 Å². The molecule has 1 aromatic carbocycles. The third kappa shape index (κ3) is 2.91. The van der Waals surface area contributed by atoms with Crippen molar-refractivity contribution in [2.75, 3.05) is 13.1 Å². The molecule has 0 aliphatic carbocycles. The summed E-state index contributed by atoms with van der Waals surface area (Å²) in [6, 6.07) is 5.03. The lowest BCUT2D eigenvalue weighted by Gasteiger charge is -2.11. The molecule has 2 N–H and O–H groups in total. The van der Waals surface area contributed by atoms with E-state index in [9.17, 15) is 4.39 Å². The lowest BCUT2D eigenvalue weighted by molar-refractivity contribution is 0.546. The number of rotatable bonds is 3. The summed E-state index contributed by atoms with van der Waals surface area (Å²) in [4.78, 5) is 0. The van der Waals surface area contributed by atoms with Crippen LogP contribution in [0.25, 0.3) is 0 Å². The molecule has 0 bridgehead atoms. The van der Waals surface area contributed by atoms with Gasteiger partial charge < -0.3 is 10.6 Å². The summed E-state index contributed by atoms with van der Waals surface area (Å²) in [5.41, 5.74) is 0.949. The Balaban J connectivity index is 1.92. The summed E-state index contributed by atoms with van der Waals surface area (Å²) in [5.74, 6) is -0.286. The molecule has 1 aliphatic rings. The van der Waals surface area contributed by atoms with Crippen LogP contribution in [-0.4, -0.2) is 19.1 Å². The molecule has 0 unspecified atom stereocenters. The average Bonchev–Trinajstić information content (AvgIpc) is 2.69. The van der Waals surface area contributed by atoms with Gasteiger partial charge in [0.1, 0.15) is 5.82 Å². The molecule has 2 nitrogen and oxygen atoms in total. The Morgan fingerprint density at radius 3 is 3.07 bits per heavy atom. The largest absolute Gasteiger partial charge is 0.315 e. The lowest BCUT2D eigenvalue weighted by atomic mass is 10.2. The zero-order valence-electron chi connectivity index (χ0n) is 8.39. The van der Waals surface area contributed by atoms with Crippen LogP contribution in [0.2, 0.25) is 5.02 Å². The number of hydrogen-bond acceptors (Lipinski definition) is 2. The van der Waals surface area contributed by atoms with E-state index in [0.29, 0.717) is 17.6 Å². The Morgan fingerprint density at radius 2 is 2.40 bits per heavy atom. The van der Waals surface area contributed by atoms with E-state index in [1.807, 2.05) is 0 Å². The molecule has 4 heteroatoms. The van der Waals surface area contributed by atoms with Gasteiger partial charge in [-0.3, -0.25) is 0 Å². The molecule has 1 fully saturated rings. The number of hydrogen-bond donors (Lipinski definition) is 2. The highest BCUT2D eigenvalue weighted by molar-refractivity contribution is 6.31. The normalized spacial score (nSPS) is 20.8. The second kappa shape index (κ2) is 4.92. The highest BCUT2D eigenvalue weighted by Gasteiger charge is 2.13. The van der Waals surface area contributed by atoms with Gasteiger partial charge in [-0.15, -0.1) is 0 Å². The molecule has 0 radical (unpaired) electrons. The van der Waals surface area contributed by atoms with E-state index in [1.165, 1.54) is 12.1 Å². The Morgan fingerprint density at radius 1 is 1.53 bits per heavy atom. The first-order chi connectivity index (χ1) is 7.25. The van der Waals surface area contributed by atoms with Gasteiger partial charge in [-0.2, -0.15) is 0 Å². The van der Waals surface area contributed by atoms with Crippen LogP contribution in [0, 0.1) is 5.82 Å². The van der Waals surface area contributed by atoms with Gasteiger partial charge in [-0.25, -0.2) is 4.39 Å². The maximum absolute atomic E-state index is 12.8. The van der Waals surface area contributed by atoms with Crippen LogP contribution in [0.15, 0.2) is 18.2 Å². The van der Waals surface area contributed by atoms with E-state index in [-0.39, 0.29) is 5.82 Å². The molecule has 0 spiro atoms. The molecular weight excluding hydrogens is 215 g/mol. The van der Waals surface area contributed by atoms with E-state index in [0.717, 1.165) is 25.1 Å². The van der Waals surface area contributed by atoms with E-state index in [4.69, 9.17) is 11.6 Å². The molecular formula is C11H14ClFN2. The van der Waals surface area contributed by atoms with Crippen LogP contribution in [-0.2, 0) is 6.54 Å². The van der Waals surface area contributed by atoms with Crippen molar-refractivity contribution in [3.63, 3.8) is 0 Å². The van der Waals surface area contributed by atoms with Crippen LogP contribution in [0.3, 0.4) is 0 Å². The van der Waals surface area contributed by atoms with Crippen molar-refractivity contribution in [2.24, 2.45) is 0 Å². The SMILES string of the molecule is Fc1ccc(CN[C@H]2CCNC2)c(Cl)c1. The summed E-state index contributed by atoms with van der Waals surface area (Å²) in [7, 11) is 0. The first kappa shape index (κ1) is 10.9. The Bertz CT molecular complexity index is 337. The summed E-state index contributed by atoms with van der Waals surface area (Å²) in [6.45, 7) is 2.76. The summed E-state index contributed by atoms with van der Waals surface area (Å²) in [6.07, 6.45) is 1.14. The fourth-order valence-corrected chi connectivity index (χ4v) is 1.98. The first-order valence-electron chi connectivity index (χ1n) is 5.14. The molecule has 0 aromatic heterocycles. The quantitative estimate of drug-likeness (QED) is 0.826. The monoisotopic (exact) mass is 228 g/mol. The van der Waals surface area contributed by atoms with Crippen molar-refractivity contribution in [1.82, 2.24) is 10.6 Å². The van der Waals surface area contributed by atoms with Crippen molar-refractivity contribution in [1.29, 1.82) is 0 Å². The smallest absolute Gasteiger partial charge is 0.124 e. The summed E-state index contributed by atoms with van der Waals surface area (Å²) < 4.78 is 12.8. The highest BCUT2D eigenvalue weighted by atomic mass is 35.5. The molecule has 1 aromatic rings. The van der Waals surface area contributed by atoms with Crippen molar-refractivity contribution < 1.29 is 4.39 Å². The molecule has 1 aliphatic heterocycles. The van der Waals surface area contributed by atoms with Crippen LogP contribution < -0.4 is 10.6 Å². The second-order valence-corrected chi connectivity index (χ2v) is 4.21. The number of halogens is 2. The van der Waals surface area contributed by atoms with Crippen molar-refractivity contribution in [3.05, 3.63) is 34.6 Å².